The van der Waals surface area contributed by atoms with Crippen LogP contribution in [-0.2, 0) is 7.05 Å². The third-order valence-electron chi connectivity index (χ3n) is 3.68. The van der Waals surface area contributed by atoms with Crippen LogP contribution >= 0.6 is 0 Å². The molecule has 1 saturated heterocycles. The molecular formula is C13H24N4. The molecule has 0 amide bonds. The van der Waals surface area contributed by atoms with Crippen LogP contribution in [-0.4, -0.2) is 41.1 Å². The largest absolute Gasteiger partial charge is 0.337 e. The number of nitrogens with one attached hydrogen (secondary N) is 1. The lowest BCUT2D eigenvalue weighted by Gasteiger charge is -2.30. The fourth-order valence-electron chi connectivity index (χ4n) is 2.67. The van der Waals surface area contributed by atoms with Gasteiger partial charge in [-0.3, -0.25) is 0 Å². The van der Waals surface area contributed by atoms with Gasteiger partial charge < -0.3 is 14.8 Å². The van der Waals surface area contributed by atoms with Crippen LogP contribution in [0.15, 0.2) is 12.4 Å². The van der Waals surface area contributed by atoms with Crippen molar-refractivity contribution >= 4 is 0 Å². The van der Waals surface area contributed by atoms with Crippen molar-refractivity contribution in [2.45, 2.75) is 25.8 Å². The maximum absolute atomic E-state index is 4.38. The lowest BCUT2D eigenvalue weighted by Crippen LogP contribution is -2.38. The molecule has 96 valence electrons. The molecule has 1 aromatic heterocycles. The van der Waals surface area contributed by atoms with Gasteiger partial charge in [-0.15, -0.1) is 0 Å². The molecule has 1 fully saturated rings. The number of hydrogen-bond donors (Lipinski definition) is 1. The SMILES string of the molecule is CC(NCC1CCCN(C)C1)c1nccn1C. The molecule has 2 heterocycles. The topological polar surface area (TPSA) is 33.1 Å². The Morgan fingerprint density at radius 2 is 2.35 bits per heavy atom. The second kappa shape index (κ2) is 5.65. The number of piperidine rings is 1. The van der Waals surface area contributed by atoms with Crippen molar-refractivity contribution in [3.05, 3.63) is 18.2 Å². The molecule has 1 aliphatic heterocycles. The molecule has 4 heteroatoms. The molecular weight excluding hydrogens is 212 g/mol. The summed E-state index contributed by atoms with van der Waals surface area (Å²) in [5, 5.41) is 3.61. The zero-order valence-corrected chi connectivity index (χ0v) is 11.2. The molecule has 4 nitrogen and oxygen atoms in total. The predicted octanol–water partition coefficient (Wildman–Crippen LogP) is 1.41. The second-order valence-electron chi connectivity index (χ2n) is 5.30. The lowest BCUT2D eigenvalue weighted by atomic mass is 9.98. The zero-order valence-electron chi connectivity index (χ0n) is 11.2. The highest BCUT2D eigenvalue weighted by Gasteiger charge is 2.18. The zero-order chi connectivity index (χ0) is 12.3. The molecule has 1 N–H and O–H groups in total. The fourth-order valence-corrected chi connectivity index (χ4v) is 2.67. The maximum Gasteiger partial charge on any atom is 0.125 e. The van der Waals surface area contributed by atoms with Gasteiger partial charge in [0.05, 0.1) is 6.04 Å². The summed E-state index contributed by atoms with van der Waals surface area (Å²) in [6, 6.07) is 0.335. The van der Waals surface area contributed by atoms with E-state index in [4.69, 9.17) is 0 Å². The highest BCUT2D eigenvalue weighted by atomic mass is 15.1. The number of nitrogens with zero attached hydrogens (tertiary/aromatic N) is 3. The van der Waals surface area contributed by atoms with Crippen molar-refractivity contribution in [1.82, 2.24) is 19.8 Å². The first kappa shape index (κ1) is 12.6. The Labute approximate surface area is 104 Å². The van der Waals surface area contributed by atoms with Gasteiger partial charge in [0.2, 0.25) is 0 Å². The normalized spacial score (nSPS) is 23.8. The molecule has 0 aromatic carbocycles. The van der Waals surface area contributed by atoms with Gasteiger partial charge in [-0.25, -0.2) is 4.98 Å². The summed E-state index contributed by atoms with van der Waals surface area (Å²) in [5.41, 5.74) is 0. The minimum atomic E-state index is 0.335. The molecule has 0 bridgehead atoms. The standard InChI is InChI=1S/C13H24N4/c1-11(13-14-6-8-17(13)3)15-9-12-5-4-7-16(2)10-12/h6,8,11-12,15H,4-5,7,9-10H2,1-3H3. The molecule has 0 aliphatic carbocycles. The highest BCUT2D eigenvalue weighted by molar-refractivity contribution is 4.97. The van der Waals surface area contributed by atoms with Crippen molar-refractivity contribution in [3.63, 3.8) is 0 Å². The Morgan fingerprint density at radius 3 is 3.00 bits per heavy atom. The van der Waals surface area contributed by atoms with Crippen LogP contribution in [0.4, 0.5) is 0 Å². The monoisotopic (exact) mass is 236 g/mol. The van der Waals surface area contributed by atoms with E-state index in [1.54, 1.807) is 0 Å². The molecule has 1 aliphatic rings. The average Bonchev–Trinajstić information content (AvgIpc) is 2.72. The number of imidazole rings is 1. The van der Waals surface area contributed by atoms with E-state index in [9.17, 15) is 0 Å². The maximum atomic E-state index is 4.38. The summed E-state index contributed by atoms with van der Waals surface area (Å²) < 4.78 is 2.09. The first-order valence-corrected chi connectivity index (χ1v) is 6.56. The fraction of sp³-hybridized carbons (Fsp3) is 0.769. The molecule has 2 rings (SSSR count). The van der Waals surface area contributed by atoms with E-state index in [2.05, 4.69) is 40.8 Å². The van der Waals surface area contributed by atoms with Crippen molar-refractivity contribution in [2.24, 2.45) is 13.0 Å². The van der Waals surface area contributed by atoms with E-state index in [1.165, 1.54) is 25.9 Å². The third-order valence-corrected chi connectivity index (χ3v) is 3.68. The lowest BCUT2D eigenvalue weighted by molar-refractivity contribution is 0.203. The molecule has 0 spiro atoms. The van der Waals surface area contributed by atoms with Crippen molar-refractivity contribution in [1.29, 1.82) is 0 Å². The van der Waals surface area contributed by atoms with Gasteiger partial charge in [-0.05, 0) is 45.8 Å². The third kappa shape index (κ3) is 3.30. The predicted molar refractivity (Wildman–Crippen MR) is 69.8 cm³/mol. The van der Waals surface area contributed by atoms with Gasteiger partial charge in [-0.1, -0.05) is 0 Å². The van der Waals surface area contributed by atoms with Crippen LogP contribution in [0.25, 0.3) is 0 Å². The van der Waals surface area contributed by atoms with Gasteiger partial charge in [0.1, 0.15) is 5.82 Å². The van der Waals surface area contributed by atoms with Crippen LogP contribution in [0.1, 0.15) is 31.6 Å². The van der Waals surface area contributed by atoms with Gasteiger partial charge in [0, 0.05) is 26.0 Å². The van der Waals surface area contributed by atoms with E-state index in [0.717, 1.165) is 18.3 Å². The van der Waals surface area contributed by atoms with E-state index >= 15 is 0 Å². The molecule has 0 radical (unpaired) electrons. The average molecular weight is 236 g/mol. The summed E-state index contributed by atoms with van der Waals surface area (Å²) in [6.07, 6.45) is 6.55. The Balaban J connectivity index is 1.80. The van der Waals surface area contributed by atoms with Crippen LogP contribution in [0.2, 0.25) is 0 Å². The number of aryl methyl sites for hydroxylation is 1. The highest BCUT2D eigenvalue weighted by Crippen LogP contribution is 2.16. The first-order chi connectivity index (χ1) is 8.16. The Hall–Kier alpha value is -0.870. The van der Waals surface area contributed by atoms with Gasteiger partial charge >= 0.3 is 0 Å². The smallest absolute Gasteiger partial charge is 0.125 e. The first-order valence-electron chi connectivity index (χ1n) is 6.56. The molecule has 0 saturated carbocycles. The molecule has 2 unspecified atom stereocenters. The number of hydrogen-bond acceptors (Lipinski definition) is 3. The summed E-state index contributed by atoms with van der Waals surface area (Å²) >= 11 is 0. The Kier molecular flexibility index (Phi) is 4.18. The van der Waals surface area contributed by atoms with Crippen LogP contribution in [0.5, 0.6) is 0 Å². The van der Waals surface area contributed by atoms with Crippen LogP contribution in [0, 0.1) is 5.92 Å². The number of likely N-dealkylation sites (tertiary alicyclic amines) is 1. The van der Waals surface area contributed by atoms with Crippen LogP contribution < -0.4 is 5.32 Å². The molecule has 2 atom stereocenters. The minimum absolute atomic E-state index is 0.335. The summed E-state index contributed by atoms with van der Waals surface area (Å²) in [4.78, 5) is 6.82. The van der Waals surface area contributed by atoms with E-state index < -0.39 is 0 Å². The summed E-state index contributed by atoms with van der Waals surface area (Å²) in [7, 11) is 4.27. The van der Waals surface area contributed by atoms with Gasteiger partial charge in [-0.2, -0.15) is 0 Å². The van der Waals surface area contributed by atoms with Crippen molar-refractivity contribution in [2.75, 3.05) is 26.7 Å². The number of rotatable bonds is 4. The van der Waals surface area contributed by atoms with Crippen molar-refractivity contribution in [3.8, 4) is 0 Å². The quantitative estimate of drug-likeness (QED) is 0.858. The van der Waals surface area contributed by atoms with Gasteiger partial charge in [0.25, 0.3) is 0 Å². The van der Waals surface area contributed by atoms with Gasteiger partial charge in [0.15, 0.2) is 0 Å². The van der Waals surface area contributed by atoms with E-state index in [0.29, 0.717) is 6.04 Å². The molecule has 17 heavy (non-hydrogen) atoms. The number of aromatic nitrogens is 2. The molecule has 1 aromatic rings. The Morgan fingerprint density at radius 1 is 1.53 bits per heavy atom. The minimum Gasteiger partial charge on any atom is -0.337 e. The summed E-state index contributed by atoms with van der Waals surface area (Å²) in [6.45, 7) is 5.76. The second-order valence-corrected chi connectivity index (χ2v) is 5.30. The van der Waals surface area contributed by atoms with E-state index in [1.807, 2.05) is 12.4 Å². The van der Waals surface area contributed by atoms with Crippen molar-refractivity contribution < 1.29 is 0 Å². The van der Waals surface area contributed by atoms with E-state index in [-0.39, 0.29) is 0 Å². The van der Waals surface area contributed by atoms with Crippen LogP contribution in [0.3, 0.4) is 0 Å². The Bertz CT molecular complexity index is 347. The summed E-state index contributed by atoms with van der Waals surface area (Å²) in [5.74, 6) is 1.91.